The van der Waals surface area contributed by atoms with Crippen LogP contribution < -0.4 is 5.32 Å². The van der Waals surface area contributed by atoms with E-state index >= 15 is 0 Å². The summed E-state index contributed by atoms with van der Waals surface area (Å²) in [5, 5.41) is 2.81. The highest BCUT2D eigenvalue weighted by atomic mass is 35.5. The van der Waals surface area contributed by atoms with Crippen LogP contribution >= 0.6 is 11.6 Å². The molecule has 66 valence electrons. The van der Waals surface area contributed by atoms with Gasteiger partial charge in [0.2, 0.25) is 5.91 Å². The van der Waals surface area contributed by atoms with E-state index in [-0.39, 0.29) is 17.3 Å². The van der Waals surface area contributed by atoms with Crippen molar-refractivity contribution in [3.05, 3.63) is 0 Å². The van der Waals surface area contributed by atoms with Gasteiger partial charge < -0.3 is 5.32 Å². The summed E-state index contributed by atoms with van der Waals surface area (Å²) in [5.41, 5.74) is 0. The Bertz CT molecular complexity index is 125. The van der Waals surface area contributed by atoms with Crippen molar-refractivity contribution >= 4 is 17.5 Å². The average Bonchev–Trinajstić information content (AvgIpc) is 1.87. The quantitative estimate of drug-likeness (QED) is 0.654. The average molecular weight is 178 g/mol. The van der Waals surface area contributed by atoms with Gasteiger partial charge in [0.25, 0.3) is 0 Å². The Balaban J connectivity index is 3.57. The van der Waals surface area contributed by atoms with Crippen molar-refractivity contribution in [3.63, 3.8) is 0 Å². The minimum atomic E-state index is -0.00388. The zero-order chi connectivity index (χ0) is 8.85. The Hall–Kier alpha value is -0.240. The lowest BCUT2D eigenvalue weighted by Gasteiger charge is -2.15. The Morgan fingerprint density at radius 2 is 2.09 bits per heavy atom. The van der Waals surface area contributed by atoms with E-state index in [0.29, 0.717) is 6.42 Å². The first-order valence-electron chi connectivity index (χ1n) is 4.01. The normalized spacial score (nSPS) is 15.6. The number of hydrogen-bond acceptors (Lipinski definition) is 1. The number of hydrogen-bond donors (Lipinski definition) is 1. The molecule has 0 aliphatic heterocycles. The molecule has 0 saturated carbocycles. The van der Waals surface area contributed by atoms with Crippen molar-refractivity contribution in [2.75, 3.05) is 0 Å². The summed E-state index contributed by atoms with van der Waals surface area (Å²) in [5.74, 6) is 0.0903. The molecule has 1 amide bonds. The van der Waals surface area contributed by atoms with E-state index in [1.54, 1.807) is 0 Å². The van der Waals surface area contributed by atoms with Crippen molar-refractivity contribution in [1.29, 1.82) is 0 Å². The number of nitrogens with one attached hydrogen (secondary N) is 1. The standard InChI is InChI=1S/C8H16ClNO/c1-4-5-8(11)10-7(3)6(2)9/h6-7H,4-5H2,1-3H3,(H,10,11). The maximum atomic E-state index is 11.0. The molecule has 0 rings (SSSR count). The first kappa shape index (κ1) is 10.8. The molecule has 0 radical (unpaired) electrons. The van der Waals surface area contributed by atoms with Gasteiger partial charge in [0.05, 0.1) is 5.38 Å². The Morgan fingerprint density at radius 1 is 1.55 bits per heavy atom. The van der Waals surface area contributed by atoms with Crippen molar-refractivity contribution in [2.24, 2.45) is 0 Å². The Labute approximate surface area is 73.3 Å². The van der Waals surface area contributed by atoms with Crippen LogP contribution in [0.2, 0.25) is 0 Å². The molecule has 0 fully saturated rings. The molecular formula is C8H16ClNO. The van der Waals surface area contributed by atoms with Gasteiger partial charge in [-0.3, -0.25) is 4.79 Å². The molecular weight excluding hydrogens is 162 g/mol. The minimum Gasteiger partial charge on any atom is -0.352 e. The number of halogens is 1. The molecule has 0 heterocycles. The van der Waals surface area contributed by atoms with Crippen molar-refractivity contribution < 1.29 is 4.79 Å². The fraction of sp³-hybridized carbons (Fsp3) is 0.875. The fourth-order valence-corrected chi connectivity index (χ4v) is 0.731. The summed E-state index contributed by atoms with van der Waals surface area (Å²) >= 11 is 5.76. The van der Waals surface area contributed by atoms with E-state index in [4.69, 9.17) is 11.6 Å². The van der Waals surface area contributed by atoms with Crippen LogP contribution in [-0.4, -0.2) is 17.3 Å². The number of alkyl halides is 1. The van der Waals surface area contributed by atoms with Crippen LogP contribution in [0.15, 0.2) is 0 Å². The molecule has 2 atom stereocenters. The summed E-state index contributed by atoms with van der Waals surface area (Å²) in [7, 11) is 0. The molecule has 0 bridgehead atoms. The Kier molecular flexibility index (Phi) is 5.30. The lowest BCUT2D eigenvalue weighted by Crippen LogP contribution is -2.37. The zero-order valence-electron chi connectivity index (χ0n) is 7.36. The second-order valence-electron chi connectivity index (χ2n) is 2.78. The molecule has 0 spiro atoms. The van der Waals surface area contributed by atoms with Gasteiger partial charge in [0.1, 0.15) is 0 Å². The topological polar surface area (TPSA) is 29.1 Å². The van der Waals surface area contributed by atoms with Gasteiger partial charge in [-0.1, -0.05) is 6.92 Å². The summed E-state index contributed by atoms with van der Waals surface area (Å²) in [6.07, 6.45) is 1.48. The lowest BCUT2D eigenvalue weighted by molar-refractivity contribution is -0.121. The van der Waals surface area contributed by atoms with Crippen molar-refractivity contribution in [3.8, 4) is 0 Å². The van der Waals surface area contributed by atoms with E-state index in [9.17, 15) is 4.79 Å². The highest BCUT2D eigenvalue weighted by molar-refractivity contribution is 6.20. The summed E-state index contributed by atoms with van der Waals surface area (Å²) in [6, 6.07) is 0.0655. The molecule has 11 heavy (non-hydrogen) atoms. The maximum Gasteiger partial charge on any atom is 0.220 e. The summed E-state index contributed by atoms with van der Waals surface area (Å²) in [6.45, 7) is 5.76. The van der Waals surface area contributed by atoms with Gasteiger partial charge in [-0.25, -0.2) is 0 Å². The molecule has 2 unspecified atom stereocenters. The van der Waals surface area contributed by atoms with Gasteiger partial charge in [0, 0.05) is 12.5 Å². The van der Waals surface area contributed by atoms with Crippen LogP contribution in [-0.2, 0) is 4.79 Å². The van der Waals surface area contributed by atoms with Crippen LogP contribution in [0.1, 0.15) is 33.6 Å². The smallest absolute Gasteiger partial charge is 0.220 e. The maximum absolute atomic E-state index is 11.0. The number of carbonyl (C=O) groups is 1. The lowest BCUT2D eigenvalue weighted by atomic mass is 10.2. The van der Waals surface area contributed by atoms with E-state index in [1.165, 1.54) is 0 Å². The van der Waals surface area contributed by atoms with Crippen LogP contribution in [0, 0.1) is 0 Å². The van der Waals surface area contributed by atoms with Crippen molar-refractivity contribution in [1.82, 2.24) is 5.32 Å². The van der Waals surface area contributed by atoms with Crippen molar-refractivity contribution in [2.45, 2.75) is 45.0 Å². The largest absolute Gasteiger partial charge is 0.352 e. The second-order valence-corrected chi connectivity index (χ2v) is 3.47. The van der Waals surface area contributed by atoms with E-state index in [0.717, 1.165) is 6.42 Å². The Morgan fingerprint density at radius 3 is 2.45 bits per heavy atom. The molecule has 3 heteroatoms. The number of carbonyl (C=O) groups excluding carboxylic acids is 1. The van der Waals surface area contributed by atoms with Gasteiger partial charge in [-0.2, -0.15) is 0 Å². The molecule has 1 N–H and O–H groups in total. The van der Waals surface area contributed by atoms with Gasteiger partial charge >= 0.3 is 0 Å². The predicted octanol–water partition coefficient (Wildman–Crippen LogP) is 1.92. The molecule has 0 aliphatic rings. The minimum absolute atomic E-state index is 0.00388. The molecule has 0 aliphatic carbocycles. The number of amides is 1. The molecule has 0 saturated heterocycles. The van der Waals surface area contributed by atoms with Gasteiger partial charge in [-0.15, -0.1) is 11.6 Å². The summed E-state index contributed by atoms with van der Waals surface area (Å²) in [4.78, 5) is 11.0. The zero-order valence-corrected chi connectivity index (χ0v) is 8.11. The number of rotatable bonds is 4. The SMILES string of the molecule is CCCC(=O)NC(C)C(C)Cl. The van der Waals surface area contributed by atoms with Crippen LogP contribution in [0.25, 0.3) is 0 Å². The molecule has 0 aromatic heterocycles. The van der Waals surface area contributed by atoms with E-state index < -0.39 is 0 Å². The van der Waals surface area contributed by atoms with Gasteiger partial charge in [-0.05, 0) is 20.3 Å². The van der Waals surface area contributed by atoms with Crippen LogP contribution in [0.4, 0.5) is 0 Å². The van der Waals surface area contributed by atoms with Crippen LogP contribution in [0.3, 0.4) is 0 Å². The third-order valence-electron chi connectivity index (χ3n) is 1.55. The molecule has 2 nitrogen and oxygen atoms in total. The summed E-state index contributed by atoms with van der Waals surface area (Å²) < 4.78 is 0. The third-order valence-corrected chi connectivity index (χ3v) is 1.93. The predicted molar refractivity (Wildman–Crippen MR) is 47.8 cm³/mol. The van der Waals surface area contributed by atoms with Crippen LogP contribution in [0.5, 0.6) is 0 Å². The van der Waals surface area contributed by atoms with E-state index in [2.05, 4.69) is 5.32 Å². The highest BCUT2D eigenvalue weighted by Gasteiger charge is 2.10. The van der Waals surface area contributed by atoms with Gasteiger partial charge in [0.15, 0.2) is 0 Å². The first-order chi connectivity index (χ1) is 5.07. The monoisotopic (exact) mass is 177 g/mol. The highest BCUT2D eigenvalue weighted by Crippen LogP contribution is 2.00. The molecule has 0 aromatic rings. The fourth-order valence-electron chi connectivity index (χ4n) is 0.668. The molecule has 0 aromatic carbocycles. The second kappa shape index (κ2) is 5.42. The first-order valence-corrected chi connectivity index (χ1v) is 4.45. The van der Waals surface area contributed by atoms with E-state index in [1.807, 2.05) is 20.8 Å². The third kappa shape index (κ3) is 5.08.